The summed E-state index contributed by atoms with van der Waals surface area (Å²) in [7, 11) is 1.80. The molecule has 3 aromatic rings. The van der Waals surface area contributed by atoms with E-state index in [9.17, 15) is 8.42 Å². The van der Waals surface area contributed by atoms with Gasteiger partial charge >= 0.3 is 0 Å². The van der Waals surface area contributed by atoms with Crippen molar-refractivity contribution in [2.75, 3.05) is 40.8 Å². The molecule has 2 heterocycles. The van der Waals surface area contributed by atoms with E-state index in [0.29, 0.717) is 6.42 Å². The number of rotatable bonds is 9. The standard InChI is InChI=1S/C25H33N5O3S/c1-29-17-14-21(15-18-29)30(2)34(31,32)26-16-13-23-24(19-9-11-22(33-3)12-10-19)28-25(27-23)20-7-5-4-6-8-20/h4-12,21,26H,13-18H2,1-3H3,(H,27,28). The van der Waals surface area contributed by atoms with Gasteiger partial charge in [0.1, 0.15) is 11.6 Å². The summed E-state index contributed by atoms with van der Waals surface area (Å²) in [5.41, 5.74) is 3.64. The van der Waals surface area contributed by atoms with Crippen molar-refractivity contribution in [3.8, 4) is 28.4 Å². The molecule has 0 radical (unpaired) electrons. The number of aromatic amines is 1. The molecule has 1 aromatic heterocycles. The summed E-state index contributed by atoms with van der Waals surface area (Å²) in [5.74, 6) is 1.53. The van der Waals surface area contributed by atoms with Gasteiger partial charge in [0, 0.05) is 37.2 Å². The lowest BCUT2D eigenvalue weighted by Gasteiger charge is -2.34. The Morgan fingerprint density at radius 1 is 1.09 bits per heavy atom. The molecule has 1 aliphatic heterocycles. The summed E-state index contributed by atoms with van der Waals surface area (Å²) in [5, 5.41) is 0. The molecule has 8 nitrogen and oxygen atoms in total. The van der Waals surface area contributed by atoms with Gasteiger partial charge in [-0.05, 0) is 57.2 Å². The second kappa shape index (κ2) is 10.7. The van der Waals surface area contributed by atoms with E-state index < -0.39 is 10.2 Å². The van der Waals surface area contributed by atoms with Crippen LogP contribution in [0.5, 0.6) is 5.75 Å². The van der Waals surface area contributed by atoms with Crippen molar-refractivity contribution in [2.45, 2.75) is 25.3 Å². The average Bonchev–Trinajstić information content (AvgIpc) is 3.28. The quantitative estimate of drug-likeness (QED) is 0.488. The fraction of sp³-hybridized carbons (Fsp3) is 0.400. The predicted molar refractivity (Wildman–Crippen MR) is 135 cm³/mol. The van der Waals surface area contributed by atoms with Gasteiger partial charge in [0.25, 0.3) is 10.2 Å². The summed E-state index contributed by atoms with van der Waals surface area (Å²) in [6, 6.07) is 17.7. The molecule has 182 valence electrons. The Bertz CT molecular complexity index is 1170. The van der Waals surface area contributed by atoms with Gasteiger partial charge < -0.3 is 14.6 Å². The number of hydrogen-bond donors (Lipinski definition) is 2. The highest BCUT2D eigenvalue weighted by molar-refractivity contribution is 7.87. The van der Waals surface area contributed by atoms with E-state index in [-0.39, 0.29) is 12.6 Å². The first-order valence-corrected chi connectivity index (χ1v) is 13.0. The van der Waals surface area contributed by atoms with Gasteiger partial charge in [-0.2, -0.15) is 12.7 Å². The second-order valence-corrected chi connectivity index (χ2v) is 10.5. The van der Waals surface area contributed by atoms with Crippen molar-refractivity contribution < 1.29 is 13.2 Å². The third-order valence-corrected chi connectivity index (χ3v) is 8.06. The number of nitrogens with zero attached hydrogens (tertiary/aromatic N) is 3. The Morgan fingerprint density at radius 3 is 2.41 bits per heavy atom. The number of benzene rings is 2. The van der Waals surface area contributed by atoms with E-state index in [1.807, 2.05) is 54.6 Å². The highest BCUT2D eigenvalue weighted by Crippen LogP contribution is 2.28. The summed E-state index contributed by atoms with van der Waals surface area (Å²) >= 11 is 0. The zero-order chi connectivity index (χ0) is 24.1. The molecule has 1 saturated heterocycles. The molecule has 0 amide bonds. The van der Waals surface area contributed by atoms with Gasteiger partial charge in [0.15, 0.2) is 0 Å². The van der Waals surface area contributed by atoms with Crippen molar-refractivity contribution in [2.24, 2.45) is 0 Å². The van der Waals surface area contributed by atoms with Crippen LogP contribution in [0.15, 0.2) is 54.6 Å². The molecule has 0 saturated carbocycles. The van der Waals surface area contributed by atoms with E-state index in [0.717, 1.165) is 60.0 Å². The fourth-order valence-electron chi connectivity index (χ4n) is 4.27. The van der Waals surface area contributed by atoms with Crippen LogP contribution in [0.2, 0.25) is 0 Å². The van der Waals surface area contributed by atoms with Crippen LogP contribution in [-0.4, -0.2) is 74.5 Å². The minimum atomic E-state index is -3.57. The number of hydrogen-bond acceptors (Lipinski definition) is 5. The molecule has 9 heteroatoms. The number of aromatic nitrogens is 2. The normalized spacial score (nSPS) is 15.6. The van der Waals surface area contributed by atoms with E-state index >= 15 is 0 Å². The zero-order valence-electron chi connectivity index (χ0n) is 20.0. The number of piperidine rings is 1. The molecule has 4 rings (SSSR count). The highest BCUT2D eigenvalue weighted by atomic mass is 32.2. The second-order valence-electron chi connectivity index (χ2n) is 8.70. The van der Waals surface area contributed by atoms with E-state index in [1.54, 1.807) is 14.2 Å². The highest BCUT2D eigenvalue weighted by Gasteiger charge is 2.28. The summed E-state index contributed by atoms with van der Waals surface area (Å²) in [4.78, 5) is 10.5. The molecule has 1 aliphatic rings. The molecular weight excluding hydrogens is 450 g/mol. The van der Waals surface area contributed by atoms with Crippen molar-refractivity contribution in [3.05, 3.63) is 60.3 Å². The molecule has 0 spiro atoms. The Morgan fingerprint density at radius 2 is 1.76 bits per heavy atom. The molecule has 0 bridgehead atoms. The topological polar surface area (TPSA) is 90.6 Å². The number of likely N-dealkylation sites (tertiary alicyclic amines) is 1. The molecule has 34 heavy (non-hydrogen) atoms. The van der Waals surface area contributed by atoms with Crippen LogP contribution in [-0.2, 0) is 16.6 Å². The molecule has 0 unspecified atom stereocenters. The number of methoxy groups -OCH3 is 1. The lowest BCUT2D eigenvalue weighted by Crippen LogP contribution is -2.48. The average molecular weight is 484 g/mol. The summed E-state index contributed by atoms with van der Waals surface area (Å²) in [6.45, 7) is 2.08. The van der Waals surface area contributed by atoms with Crippen LogP contribution in [0.4, 0.5) is 0 Å². The lowest BCUT2D eigenvalue weighted by molar-refractivity contribution is 0.196. The van der Waals surface area contributed by atoms with Crippen LogP contribution in [0.1, 0.15) is 18.5 Å². The largest absolute Gasteiger partial charge is 0.497 e. The summed E-state index contributed by atoms with van der Waals surface area (Å²) < 4.78 is 35.4. The smallest absolute Gasteiger partial charge is 0.279 e. The van der Waals surface area contributed by atoms with Crippen LogP contribution in [0.25, 0.3) is 22.6 Å². The number of imidazole rings is 1. The maximum Gasteiger partial charge on any atom is 0.279 e. The van der Waals surface area contributed by atoms with Crippen molar-refractivity contribution in [1.82, 2.24) is 23.9 Å². The van der Waals surface area contributed by atoms with E-state index in [2.05, 4.69) is 21.7 Å². The van der Waals surface area contributed by atoms with E-state index in [1.165, 1.54) is 4.31 Å². The number of H-pyrrole nitrogens is 1. The van der Waals surface area contributed by atoms with Gasteiger partial charge in [0.2, 0.25) is 0 Å². The third-order valence-electron chi connectivity index (χ3n) is 6.43. The predicted octanol–water partition coefficient (Wildman–Crippen LogP) is 3.16. The first kappa shape index (κ1) is 24.4. The third kappa shape index (κ3) is 5.67. The van der Waals surface area contributed by atoms with Gasteiger partial charge in [-0.3, -0.25) is 0 Å². The first-order chi connectivity index (χ1) is 16.4. The number of nitrogens with one attached hydrogen (secondary N) is 2. The van der Waals surface area contributed by atoms with Gasteiger partial charge in [-0.1, -0.05) is 30.3 Å². The van der Waals surface area contributed by atoms with Crippen molar-refractivity contribution in [1.29, 1.82) is 0 Å². The Hall–Kier alpha value is -2.72. The molecule has 0 aliphatic carbocycles. The first-order valence-electron chi connectivity index (χ1n) is 11.6. The van der Waals surface area contributed by atoms with Crippen LogP contribution < -0.4 is 9.46 Å². The minimum absolute atomic E-state index is 0.0265. The molecule has 2 aromatic carbocycles. The Kier molecular flexibility index (Phi) is 7.67. The molecule has 0 atom stereocenters. The van der Waals surface area contributed by atoms with Gasteiger partial charge in [0.05, 0.1) is 18.5 Å². The maximum absolute atomic E-state index is 12.9. The van der Waals surface area contributed by atoms with Crippen molar-refractivity contribution >= 4 is 10.2 Å². The summed E-state index contributed by atoms with van der Waals surface area (Å²) in [6.07, 6.45) is 2.15. The number of ether oxygens (including phenoxy) is 1. The van der Waals surface area contributed by atoms with Crippen LogP contribution >= 0.6 is 0 Å². The van der Waals surface area contributed by atoms with Crippen molar-refractivity contribution in [3.63, 3.8) is 0 Å². The van der Waals surface area contributed by atoms with Gasteiger partial charge in [-0.25, -0.2) is 9.71 Å². The lowest BCUT2D eigenvalue weighted by atomic mass is 10.1. The van der Waals surface area contributed by atoms with Crippen LogP contribution in [0.3, 0.4) is 0 Å². The molecular formula is C25H33N5O3S. The van der Waals surface area contributed by atoms with Crippen LogP contribution in [0, 0.1) is 0 Å². The maximum atomic E-state index is 12.9. The van der Waals surface area contributed by atoms with E-state index in [4.69, 9.17) is 9.72 Å². The minimum Gasteiger partial charge on any atom is -0.497 e. The molecule has 1 fully saturated rings. The Balaban J connectivity index is 1.50. The monoisotopic (exact) mass is 483 g/mol. The van der Waals surface area contributed by atoms with Gasteiger partial charge in [-0.15, -0.1) is 0 Å². The SMILES string of the molecule is COc1ccc(-c2[nH]c(-c3ccccc3)nc2CCNS(=O)(=O)N(C)C2CCN(C)CC2)cc1. The zero-order valence-corrected chi connectivity index (χ0v) is 20.8. The molecule has 2 N–H and O–H groups in total. The Labute approximate surface area is 202 Å². The fourth-order valence-corrected chi connectivity index (χ4v) is 5.44.